The number of hydrogen-bond donors (Lipinski definition) is 1. The van der Waals surface area contributed by atoms with Crippen molar-refractivity contribution in [3.05, 3.63) is 23.7 Å². The molecular formula is C16H28N2O. The van der Waals surface area contributed by atoms with Gasteiger partial charge >= 0.3 is 0 Å². The van der Waals surface area contributed by atoms with E-state index in [1.807, 2.05) is 13.0 Å². The van der Waals surface area contributed by atoms with Gasteiger partial charge in [0.15, 0.2) is 0 Å². The fourth-order valence-electron chi connectivity index (χ4n) is 3.21. The standard InChI is InChI=1S/C16H28N2O/c1-13-9-10-15(19-13)11-17-12-16(18(2)3)14-7-5-4-6-8-14/h9-10,14,16-17H,4-8,11-12H2,1-3H3. The van der Waals surface area contributed by atoms with Crippen molar-refractivity contribution in [3.63, 3.8) is 0 Å². The maximum atomic E-state index is 5.60. The first-order chi connectivity index (χ1) is 9.16. The zero-order chi connectivity index (χ0) is 13.7. The molecular weight excluding hydrogens is 236 g/mol. The number of furan rings is 1. The lowest BCUT2D eigenvalue weighted by Gasteiger charge is -2.35. The molecule has 0 aromatic carbocycles. The summed E-state index contributed by atoms with van der Waals surface area (Å²) in [6, 6.07) is 4.74. The topological polar surface area (TPSA) is 28.4 Å². The molecule has 1 atom stereocenters. The summed E-state index contributed by atoms with van der Waals surface area (Å²) >= 11 is 0. The van der Waals surface area contributed by atoms with Crippen LogP contribution >= 0.6 is 0 Å². The summed E-state index contributed by atoms with van der Waals surface area (Å²) in [6.45, 7) is 3.89. The van der Waals surface area contributed by atoms with Gasteiger partial charge in [0.05, 0.1) is 6.54 Å². The van der Waals surface area contributed by atoms with E-state index >= 15 is 0 Å². The third-order valence-electron chi connectivity index (χ3n) is 4.31. The molecule has 1 fully saturated rings. The van der Waals surface area contributed by atoms with Crippen molar-refractivity contribution in [3.8, 4) is 0 Å². The molecule has 0 saturated heterocycles. The van der Waals surface area contributed by atoms with Gasteiger partial charge in [-0.1, -0.05) is 19.3 Å². The van der Waals surface area contributed by atoms with Crippen LogP contribution in [0.15, 0.2) is 16.5 Å². The molecule has 0 amide bonds. The molecule has 1 N–H and O–H groups in total. The van der Waals surface area contributed by atoms with Crippen LogP contribution in [-0.2, 0) is 6.54 Å². The van der Waals surface area contributed by atoms with Gasteiger partial charge in [-0.3, -0.25) is 0 Å². The van der Waals surface area contributed by atoms with Crippen molar-refractivity contribution in [2.24, 2.45) is 5.92 Å². The maximum absolute atomic E-state index is 5.60. The van der Waals surface area contributed by atoms with Gasteiger partial charge in [-0.05, 0) is 51.9 Å². The third kappa shape index (κ3) is 4.36. The second kappa shape index (κ2) is 7.11. The van der Waals surface area contributed by atoms with Gasteiger partial charge in [-0.15, -0.1) is 0 Å². The molecule has 1 aliphatic carbocycles. The first kappa shape index (κ1) is 14.6. The minimum atomic E-state index is 0.649. The van der Waals surface area contributed by atoms with Crippen LogP contribution in [-0.4, -0.2) is 31.6 Å². The zero-order valence-corrected chi connectivity index (χ0v) is 12.6. The highest BCUT2D eigenvalue weighted by Crippen LogP contribution is 2.28. The fraction of sp³-hybridized carbons (Fsp3) is 0.750. The summed E-state index contributed by atoms with van der Waals surface area (Å²) in [5.74, 6) is 2.89. The largest absolute Gasteiger partial charge is 0.465 e. The average Bonchev–Trinajstić information content (AvgIpc) is 2.81. The lowest BCUT2D eigenvalue weighted by atomic mass is 9.83. The normalized spacial score (nSPS) is 18.9. The van der Waals surface area contributed by atoms with Gasteiger partial charge in [0.25, 0.3) is 0 Å². The Morgan fingerprint density at radius 3 is 2.58 bits per heavy atom. The third-order valence-corrected chi connectivity index (χ3v) is 4.31. The molecule has 19 heavy (non-hydrogen) atoms. The molecule has 1 saturated carbocycles. The van der Waals surface area contributed by atoms with Crippen LogP contribution in [0.5, 0.6) is 0 Å². The van der Waals surface area contributed by atoms with E-state index < -0.39 is 0 Å². The maximum Gasteiger partial charge on any atom is 0.117 e. The van der Waals surface area contributed by atoms with Crippen LogP contribution in [0.1, 0.15) is 43.6 Å². The van der Waals surface area contributed by atoms with Crippen molar-refractivity contribution in [2.45, 2.75) is 51.6 Å². The smallest absolute Gasteiger partial charge is 0.117 e. The second-order valence-corrected chi connectivity index (χ2v) is 6.07. The molecule has 0 aliphatic heterocycles. The SMILES string of the molecule is Cc1ccc(CNCC(C2CCCCC2)N(C)C)o1. The van der Waals surface area contributed by atoms with Crippen LogP contribution in [0.25, 0.3) is 0 Å². The van der Waals surface area contributed by atoms with Gasteiger partial charge in [-0.25, -0.2) is 0 Å². The predicted molar refractivity (Wildman–Crippen MR) is 79.2 cm³/mol. The summed E-state index contributed by atoms with van der Waals surface area (Å²) < 4.78 is 5.60. The number of likely N-dealkylation sites (N-methyl/N-ethyl adjacent to an activating group) is 1. The first-order valence-corrected chi connectivity index (χ1v) is 7.59. The van der Waals surface area contributed by atoms with Gasteiger partial charge in [0, 0.05) is 12.6 Å². The zero-order valence-electron chi connectivity index (χ0n) is 12.6. The van der Waals surface area contributed by atoms with Crippen LogP contribution in [0.3, 0.4) is 0 Å². The molecule has 1 unspecified atom stereocenters. The predicted octanol–water partition coefficient (Wildman–Crippen LogP) is 3.19. The van der Waals surface area contributed by atoms with Gasteiger partial charge < -0.3 is 14.6 Å². The summed E-state index contributed by atoms with van der Waals surface area (Å²) in [5, 5.41) is 3.56. The Bertz CT molecular complexity index is 367. The van der Waals surface area contributed by atoms with E-state index in [4.69, 9.17) is 4.42 Å². The molecule has 3 nitrogen and oxygen atoms in total. The van der Waals surface area contributed by atoms with Gasteiger partial charge in [0.2, 0.25) is 0 Å². The van der Waals surface area contributed by atoms with E-state index in [2.05, 4.69) is 30.4 Å². The van der Waals surface area contributed by atoms with Crippen molar-refractivity contribution < 1.29 is 4.42 Å². The van der Waals surface area contributed by atoms with E-state index in [1.165, 1.54) is 32.1 Å². The Labute approximate surface area is 117 Å². The number of nitrogens with one attached hydrogen (secondary N) is 1. The molecule has 108 valence electrons. The van der Waals surface area contributed by atoms with E-state index in [-0.39, 0.29) is 0 Å². The Balaban J connectivity index is 1.79. The van der Waals surface area contributed by atoms with Crippen molar-refractivity contribution in [1.29, 1.82) is 0 Å². The van der Waals surface area contributed by atoms with Crippen molar-refractivity contribution >= 4 is 0 Å². The molecule has 0 radical (unpaired) electrons. The average molecular weight is 264 g/mol. The molecule has 3 heteroatoms. The monoisotopic (exact) mass is 264 g/mol. The fourth-order valence-corrected chi connectivity index (χ4v) is 3.21. The van der Waals surface area contributed by atoms with E-state index in [9.17, 15) is 0 Å². The lowest BCUT2D eigenvalue weighted by molar-refractivity contribution is 0.165. The summed E-state index contributed by atoms with van der Waals surface area (Å²) in [7, 11) is 4.41. The molecule has 2 rings (SSSR count). The van der Waals surface area contributed by atoms with Gasteiger partial charge in [-0.2, -0.15) is 0 Å². The number of rotatable bonds is 6. The lowest BCUT2D eigenvalue weighted by Crippen LogP contribution is -2.43. The van der Waals surface area contributed by atoms with Crippen molar-refractivity contribution in [1.82, 2.24) is 10.2 Å². The molecule has 1 aromatic rings. The Hall–Kier alpha value is -0.800. The van der Waals surface area contributed by atoms with Crippen LogP contribution in [0.4, 0.5) is 0 Å². The quantitative estimate of drug-likeness (QED) is 0.855. The summed E-state index contributed by atoms with van der Waals surface area (Å²) in [5.41, 5.74) is 0. The molecule has 1 aliphatic rings. The molecule has 1 heterocycles. The number of aryl methyl sites for hydroxylation is 1. The Morgan fingerprint density at radius 1 is 1.26 bits per heavy atom. The van der Waals surface area contributed by atoms with Crippen LogP contribution in [0.2, 0.25) is 0 Å². The highest BCUT2D eigenvalue weighted by molar-refractivity contribution is 5.05. The van der Waals surface area contributed by atoms with E-state index in [0.717, 1.165) is 30.5 Å². The highest BCUT2D eigenvalue weighted by atomic mass is 16.3. The minimum Gasteiger partial charge on any atom is -0.465 e. The number of hydrogen-bond acceptors (Lipinski definition) is 3. The minimum absolute atomic E-state index is 0.649. The Kier molecular flexibility index (Phi) is 5.46. The van der Waals surface area contributed by atoms with Gasteiger partial charge in [0.1, 0.15) is 11.5 Å². The Morgan fingerprint density at radius 2 is 2.00 bits per heavy atom. The molecule has 0 bridgehead atoms. The number of nitrogens with zero attached hydrogens (tertiary/aromatic N) is 1. The van der Waals surface area contributed by atoms with Crippen LogP contribution in [0, 0.1) is 12.8 Å². The highest BCUT2D eigenvalue weighted by Gasteiger charge is 2.24. The van der Waals surface area contributed by atoms with E-state index in [0.29, 0.717) is 6.04 Å². The van der Waals surface area contributed by atoms with Crippen molar-refractivity contribution in [2.75, 3.05) is 20.6 Å². The first-order valence-electron chi connectivity index (χ1n) is 7.59. The molecule has 0 spiro atoms. The molecule has 1 aromatic heterocycles. The summed E-state index contributed by atoms with van der Waals surface area (Å²) in [4.78, 5) is 2.39. The second-order valence-electron chi connectivity index (χ2n) is 6.07. The summed E-state index contributed by atoms with van der Waals surface area (Å²) in [6.07, 6.45) is 7.03. The van der Waals surface area contributed by atoms with Crippen LogP contribution < -0.4 is 5.32 Å². The van der Waals surface area contributed by atoms with E-state index in [1.54, 1.807) is 0 Å².